The third kappa shape index (κ3) is 19.5. The fourth-order valence-electron chi connectivity index (χ4n) is 8.87. The highest BCUT2D eigenvalue weighted by Crippen LogP contribution is 2.22. The number of ether oxygens (including phenoxy) is 1. The minimum atomic E-state index is -1.20. The number of rotatable bonds is 25. The number of nitrogens with one attached hydrogen (secondary N) is 1. The van der Waals surface area contributed by atoms with Crippen molar-refractivity contribution in [2.75, 3.05) is 18.4 Å². The Kier molecular flexibility index (Phi) is 23.4. The maximum Gasteiger partial charge on any atom is 0.254 e. The second-order valence-corrected chi connectivity index (χ2v) is 19.5. The monoisotopic (exact) mass is 1100 g/mol. The predicted octanol–water partition coefficient (Wildman–Crippen LogP) is 10.6. The molecule has 3 amide bonds. The Morgan fingerprint density at radius 2 is 1.04 bits per heavy atom. The molecule has 7 rings (SSSR count). The van der Waals surface area contributed by atoms with E-state index in [9.17, 15) is 50.9 Å². The van der Waals surface area contributed by atoms with Crippen molar-refractivity contribution < 1.29 is 55.7 Å². The number of halogens is 6. The molecule has 0 spiro atoms. The number of amides is 3. The molecule has 7 N–H and O–H groups in total. The van der Waals surface area contributed by atoms with Gasteiger partial charge in [0, 0.05) is 80.4 Å². The minimum Gasteiger partial charge on any atom is -0.489 e. The molecule has 0 saturated carbocycles. The number of nitrogens with zero attached hydrogens (tertiary/aromatic N) is 2. The molecule has 0 radical (unpaired) electrons. The van der Waals surface area contributed by atoms with Crippen molar-refractivity contribution in [2.24, 2.45) is 11.5 Å². The zero-order valence-electron chi connectivity index (χ0n) is 44.7. The molecule has 11 nitrogen and oxygen atoms in total. The molecule has 4 atom stereocenters. The molecule has 7 aromatic rings. The van der Waals surface area contributed by atoms with Crippen LogP contribution in [0.15, 0.2) is 158 Å². The smallest absolute Gasteiger partial charge is 0.254 e. The highest BCUT2D eigenvalue weighted by atomic mass is 19.2. The fraction of sp³-hybridized carbons (Fsp3) is 0.286. The molecule has 7 aromatic carbocycles. The van der Waals surface area contributed by atoms with Crippen molar-refractivity contribution in [1.29, 1.82) is 0 Å². The molecular weight excluding hydrogens is 1040 g/mol. The van der Waals surface area contributed by atoms with Gasteiger partial charge in [-0.05, 0) is 120 Å². The molecule has 80 heavy (non-hydrogen) atoms. The first kappa shape index (κ1) is 61.4. The molecule has 0 aliphatic heterocycles. The van der Waals surface area contributed by atoms with Gasteiger partial charge in [-0.25, -0.2) is 26.3 Å². The van der Waals surface area contributed by atoms with Crippen LogP contribution in [0, 0.1) is 34.9 Å². The van der Waals surface area contributed by atoms with E-state index in [1.165, 1.54) is 17.0 Å². The number of anilines is 1. The second-order valence-electron chi connectivity index (χ2n) is 19.5. The summed E-state index contributed by atoms with van der Waals surface area (Å²) in [4.78, 5) is 42.4. The Bertz CT molecular complexity index is 3110. The average Bonchev–Trinajstić information content (AvgIpc) is 3.43. The summed E-state index contributed by atoms with van der Waals surface area (Å²) in [5, 5.41) is 24.2. The zero-order chi connectivity index (χ0) is 57.7. The van der Waals surface area contributed by atoms with Crippen LogP contribution >= 0.6 is 0 Å². The molecule has 0 heterocycles. The third-order valence-electron chi connectivity index (χ3n) is 13.2. The minimum absolute atomic E-state index is 0.0106. The van der Waals surface area contributed by atoms with Crippen LogP contribution in [0.25, 0.3) is 0 Å². The van der Waals surface area contributed by atoms with Gasteiger partial charge < -0.3 is 41.5 Å². The largest absolute Gasteiger partial charge is 0.489 e. The Balaban J connectivity index is 0.000000258. The molecular formula is C63H67F6N5O6. The van der Waals surface area contributed by atoms with Gasteiger partial charge in [-0.15, -0.1) is 0 Å². The first-order chi connectivity index (χ1) is 38.3. The Morgan fingerprint density at radius 3 is 1.57 bits per heavy atom. The maximum absolute atomic E-state index is 14.0. The SMILES string of the molecule is CCc1cccc(CN(C[C@@H](O)[C@@H](N)Cc2cc(F)cc(F)c2)C(=O)CCCC(=O)Nc2ccc(F)cc2F)c1.CCc1cccc(CN(C[C@@H](O)[C@@H](N)Cc2cc(F)cc(F)c2)C(=O)c2ccccc2COc2ccccc2)c1. The number of aliphatic hydroxyl groups is 2. The van der Waals surface area contributed by atoms with Gasteiger partial charge in [0.05, 0.1) is 17.9 Å². The van der Waals surface area contributed by atoms with Crippen LogP contribution in [-0.4, -0.2) is 75.1 Å². The van der Waals surface area contributed by atoms with E-state index in [0.717, 1.165) is 71.5 Å². The van der Waals surface area contributed by atoms with E-state index in [0.29, 0.717) is 28.5 Å². The van der Waals surface area contributed by atoms with Crippen molar-refractivity contribution in [2.45, 2.75) is 103 Å². The number of aryl methyl sites for hydroxylation is 2. The van der Waals surface area contributed by atoms with E-state index in [1.807, 2.05) is 97.9 Å². The quantitative estimate of drug-likeness (QED) is 0.0352. The molecule has 0 aliphatic carbocycles. The first-order valence-corrected chi connectivity index (χ1v) is 26.4. The van der Waals surface area contributed by atoms with E-state index in [2.05, 4.69) is 12.2 Å². The van der Waals surface area contributed by atoms with Crippen LogP contribution in [0.4, 0.5) is 32.0 Å². The lowest BCUT2D eigenvalue weighted by Gasteiger charge is -2.29. The number of hydrogen-bond acceptors (Lipinski definition) is 8. The summed E-state index contributed by atoms with van der Waals surface area (Å²) in [6, 6.07) is 39.4. The van der Waals surface area contributed by atoms with Gasteiger partial charge in [0.2, 0.25) is 11.8 Å². The average molecular weight is 1100 g/mol. The zero-order valence-corrected chi connectivity index (χ0v) is 44.7. The molecule has 17 heteroatoms. The second kappa shape index (κ2) is 30.5. The predicted molar refractivity (Wildman–Crippen MR) is 296 cm³/mol. The molecule has 0 unspecified atom stereocenters. The van der Waals surface area contributed by atoms with Crippen LogP contribution in [0.1, 0.15) is 82.4 Å². The summed E-state index contributed by atoms with van der Waals surface area (Å²) in [5.74, 6) is -5.07. The molecule has 0 bridgehead atoms. The van der Waals surface area contributed by atoms with Gasteiger partial charge in [0.1, 0.15) is 47.3 Å². The van der Waals surface area contributed by atoms with E-state index in [4.69, 9.17) is 16.2 Å². The highest BCUT2D eigenvalue weighted by molar-refractivity contribution is 5.95. The van der Waals surface area contributed by atoms with Crippen molar-refractivity contribution in [3.05, 3.63) is 237 Å². The van der Waals surface area contributed by atoms with Crippen LogP contribution < -0.4 is 21.5 Å². The summed E-state index contributed by atoms with van der Waals surface area (Å²) in [5.41, 5.74) is 18.0. The molecule has 422 valence electrons. The van der Waals surface area contributed by atoms with Crippen LogP contribution in [0.3, 0.4) is 0 Å². The third-order valence-corrected chi connectivity index (χ3v) is 13.2. The van der Waals surface area contributed by atoms with Gasteiger partial charge in [0.25, 0.3) is 5.91 Å². The first-order valence-electron chi connectivity index (χ1n) is 26.4. The summed E-state index contributed by atoms with van der Waals surface area (Å²) in [6.45, 7) is 4.48. The standard InChI is InChI=1S/C33H34F2N2O3.C30H33F4N3O3/c1-2-23-9-8-10-24(15-23)20-37(21-32(38)31(36)18-25-16-27(34)19-28(35)17-25)33(39)30-14-7-6-11-26(30)22-40-29-12-4-3-5-13-29;1-2-19-5-3-6-20(11-19)17-37(18-28(38)26(35)14-21-12-23(32)15-24(33)13-21)30(40)8-4-7-29(39)36-27-10-9-22(31)16-25(27)34/h3-17,19,31-32,38H,2,18,20-22,36H2,1H3;3,5-6,9-13,15-16,26,28,38H,2,4,7-8,14,17-18,35H2,1H3,(H,36,39)/t31-,32+;26-,28+/m00/s1. The number of aliphatic hydroxyl groups excluding tert-OH is 2. The Labute approximate surface area is 462 Å². The summed E-state index contributed by atoms with van der Waals surface area (Å²) in [7, 11) is 0. The topological polar surface area (TPSA) is 171 Å². The van der Waals surface area contributed by atoms with E-state index in [1.54, 1.807) is 17.0 Å². The highest BCUT2D eigenvalue weighted by Gasteiger charge is 2.27. The van der Waals surface area contributed by atoms with Crippen molar-refractivity contribution in [3.8, 4) is 5.75 Å². The van der Waals surface area contributed by atoms with Crippen molar-refractivity contribution in [1.82, 2.24) is 9.80 Å². The van der Waals surface area contributed by atoms with E-state index >= 15 is 0 Å². The number of para-hydroxylation sites is 1. The maximum atomic E-state index is 14.0. The van der Waals surface area contributed by atoms with Crippen molar-refractivity contribution >= 4 is 23.4 Å². The lowest BCUT2D eigenvalue weighted by molar-refractivity contribution is -0.133. The van der Waals surface area contributed by atoms with Crippen molar-refractivity contribution in [3.63, 3.8) is 0 Å². The molecule has 0 aromatic heterocycles. The molecule has 0 aliphatic rings. The van der Waals surface area contributed by atoms with E-state index in [-0.39, 0.29) is 88.0 Å². The number of carbonyl (C=O) groups is 3. The van der Waals surface area contributed by atoms with Crippen LogP contribution in [0.2, 0.25) is 0 Å². The number of nitrogens with two attached hydrogens (primary N) is 2. The van der Waals surface area contributed by atoms with Gasteiger partial charge in [-0.3, -0.25) is 14.4 Å². The van der Waals surface area contributed by atoms with Crippen LogP contribution in [-0.2, 0) is 55.0 Å². The summed E-state index contributed by atoms with van der Waals surface area (Å²) < 4.78 is 87.3. The van der Waals surface area contributed by atoms with E-state index < -0.39 is 65.1 Å². The number of hydrogen-bond donors (Lipinski definition) is 5. The normalized spacial score (nSPS) is 12.6. The van der Waals surface area contributed by atoms with Gasteiger partial charge >= 0.3 is 0 Å². The summed E-state index contributed by atoms with van der Waals surface area (Å²) in [6.07, 6.45) is -0.648. The molecule has 0 fully saturated rings. The lowest BCUT2D eigenvalue weighted by atomic mass is 10.00. The summed E-state index contributed by atoms with van der Waals surface area (Å²) >= 11 is 0. The van der Waals surface area contributed by atoms with Crippen LogP contribution in [0.5, 0.6) is 5.75 Å². The van der Waals surface area contributed by atoms with Gasteiger partial charge in [0.15, 0.2) is 0 Å². The molecule has 0 saturated heterocycles. The Morgan fingerprint density at radius 1 is 0.537 bits per heavy atom. The van der Waals surface area contributed by atoms with Gasteiger partial charge in [-0.2, -0.15) is 0 Å². The van der Waals surface area contributed by atoms with Gasteiger partial charge in [-0.1, -0.05) is 98.8 Å². The lowest BCUT2D eigenvalue weighted by Crippen LogP contribution is -2.46. The number of benzene rings is 7. The number of carbonyl (C=O) groups excluding carboxylic acids is 3. The Hall–Kier alpha value is -7.83. The fourth-order valence-corrected chi connectivity index (χ4v) is 8.87.